The minimum atomic E-state index is -3.71. The predicted octanol–water partition coefficient (Wildman–Crippen LogP) is 5.80. The number of carbonyl (C=O) groups is 1. The first kappa shape index (κ1) is 24.0. The van der Waals surface area contributed by atoms with Crippen molar-refractivity contribution in [2.75, 3.05) is 4.72 Å². The molecule has 5 aromatic rings. The number of fused-ring (bicyclic) bond motifs is 1. The number of carboxylic acids is 1. The number of H-pyrrole nitrogens is 1. The molecule has 5 rings (SSSR count). The summed E-state index contributed by atoms with van der Waals surface area (Å²) in [5, 5.41) is 10.4. The maximum atomic E-state index is 12.8. The van der Waals surface area contributed by atoms with Crippen molar-refractivity contribution >= 4 is 44.5 Å². The number of rotatable bonds is 8. The van der Waals surface area contributed by atoms with Gasteiger partial charge < -0.3 is 10.1 Å². The number of pyridine rings is 1. The zero-order valence-electron chi connectivity index (χ0n) is 19.6. The van der Waals surface area contributed by atoms with Crippen LogP contribution in [-0.4, -0.2) is 29.5 Å². The zero-order valence-corrected chi connectivity index (χ0v) is 20.4. The smallest absolute Gasteiger partial charge is 0.336 e. The summed E-state index contributed by atoms with van der Waals surface area (Å²) in [7, 11) is -3.71. The molecule has 0 bridgehead atoms. The molecule has 0 spiro atoms. The van der Waals surface area contributed by atoms with E-state index in [0.717, 1.165) is 11.1 Å². The highest BCUT2D eigenvalue weighted by Crippen LogP contribution is 2.26. The Morgan fingerprint density at radius 3 is 2.19 bits per heavy atom. The lowest BCUT2D eigenvalue weighted by atomic mass is 10.0. The molecule has 0 amide bonds. The molecule has 184 valence electrons. The number of sulfonamides is 1. The second kappa shape index (κ2) is 10.1. The summed E-state index contributed by atoms with van der Waals surface area (Å²) < 4.78 is 28.1. The van der Waals surface area contributed by atoms with Crippen molar-refractivity contribution in [2.45, 2.75) is 5.75 Å². The van der Waals surface area contributed by atoms with Gasteiger partial charge in [0.2, 0.25) is 10.0 Å². The molecule has 0 aliphatic rings. The number of nitrogens with zero attached hydrogens (tertiary/aromatic N) is 1. The summed E-state index contributed by atoms with van der Waals surface area (Å²) in [6.45, 7) is 0. The number of hydrogen-bond donors (Lipinski definition) is 3. The molecular formula is C29H23N3O4S. The number of carboxylic acid groups (broad SMARTS) is 1. The number of nitrogens with one attached hydrogen (secondary N) is 2. The van der Waals surface area contributed by atoms with Crippen LogP contribution >= 0.6 is 0 Å². The lowest BCUT2D eigenvalue weighted by Crippen LogP contribution is -2.15. The van der Waals surface area contributed by atoms with Crippen molar-refractivity contribution in [2.24, 2.45) is 0 Å². The van der Waals surface area contributed by atoms with E-state index < -0.39 is 16.0 Å². The van der Waals surface area contributed by atoms with Crippen LogP contribution in [0.15, 0.2) is 103 Å². The molecule has 0 unspecified atom stereocenters. The van der Waals surface area contributed by atoms with Crippen LogP contribution in [0.3, 0.4) is 0 Å². The molecule has 0 aliphatic heterocycles. The Morgan fingerprint density at radius 1 is 0.865 bits per heavy atom. The summed E-state index contributed by atoms with van der Waals surface area (Å²) in [6.07, 6.45) is 3.22. The minimum Gasteiger partial charge on any atom is -0.478 e. The zero-order chi connectivity index (χ0) is 25.8. The average molecular weight is 510 g/mol. The van der Waals surface area contributed by atoms with E-state index in [0.29, 0.717) is 27.7 Å². The van der Waals surface area contributed by atoms with Gasteiger partial charge in [-0.25, -0.2) is 18.2 Å². The van der Waals surface area contributed by atoms with E-state index in [9.17, 15) is 18.3 Å². The normalized spacial score (nSPS) is 11.9. The van der Waals surface area contributed by atoms with Crippen LogP contribution in [0.5, 0.6) is 0 Å². The second-order valence-corrected chi connectivity index (χ2v) is 10.2. The van der Waals surface area contributed by atoms with Gasteiger partial charge in [-0.2, -0.15) is 0 Å². The average Bonchev–Trinajstić information content (AvgIpc) is 3.30. The van der Waals surface area contributed by atoms with E-state index in [2.05, 4.69) is 14.7 Å². The summed E-state index contributed by atoms with van der Waals surface area (Å²) in [5.41, 5.74) is 4.53. The molecule has 0 saturated heterocycles. The maximum Gasteiger partial charge on any atom is 0.336 e. The topological polar surface area (TPSA) is 112 Å². The van der Waals surface area contributed by atoms with Gasteiger partial charge in [0.1, 0.15) is 11.5 Å². The minimum absolute atomic E-state index is 0.143. The number of anilines is 1. The molecule has 7 nitrogen and oxygen atoms in total. The van der Waals surface area contributed by atoms with Gasteiger partial charge in [0.05, 0.1) is 11.3 Å². The van der Waals surface area contributed by atoms with Gasteiger partial charge in [0.15, 0.2) is 0 Å². The Kier molecular flexibility index (Phi) is 6.57. The van der Waals surface area contributed by atoms with E-state index in [1.165, 1.54) is 0 Å². The van der Waals surface area contributed by atoms with Crippen LogP contribution in [0.1, 0.15) is 16.7 Å². The Morgan fingerprint density at radius 2 is 1.51 bits per heavy atom. The quantitative estimate of drug-likeness (QED) is 0.229. The predicted molar refractivity (Wildman–Crippen MR) is 146 cm³/mol. The largest absolute Gasteiger partial charge is 0.478 e. The summed E-state index contributed by atoms with van der Waals surface area (Å²) in [5.74, 6) is -1.07. The first-order valence-corrected chi connectivity index (χ1v) is 13.2. The SMILES string of the molecule is O=C(O)C(=Cc1c[nH]c2nc(NS(=O)(=O)Cc3ccc(-c4ccccc4)cc3)ccc12)c1ccccc1. The highest BCUT2D eigenvalue weighted by atomic mass is 32.2. The van der Waals surface area contributed by atoms with E-state index in [1.54, 1.807) is 60.8 Å². The van der Waals surface area contributed by atoms with Crippen molar-refractivity contribution in [1.29, 1.82) is 0 Å². The molecule has 3 N–H and O–H groups in total. The Bertz CT molecular complexity index is 1690. The van der Waals surface area contributed by atoms with Crippen molar-refractivity contribution in [3.63, 3.8) is 0 Å². The number of aromatic amines is 1. The van der Waals surface area contributed by atoms with Crippen molar-refractivity contribution in [3.8, 4) is 11.1 Å². The van der Waals surface area contributed by atoms with E-state index in [-0.39, 0.29) is 17.1 Å². The van der Waals surface area contributed by atoms with E-state index in [1.807, 2.05) is 48.5 Å². The molecule has 3 aromatic carbocycles. The molecular weight excluding hydrogens is 486 g/mol. The highest BCUT2D eigenvalue weighted by Gasteiger charge is 2.15. The highest BCUT2D eigenvalue weighted by molar-refractivity contribution is 7.91. The number of benzene rings is 3. The molecule has 0 saturated carbocycles. The van der Waals surface area contributed by atoms with Crippen molar-refractivity contribution < 1.29 is 18.3 Å². The molecule has 0 atom stereocenters. The molecule has 0 fully saturated rings. The fraction of sp³-hybridized carbons (Fsp3) is 0.0345. The van der Waals surface area contributed by atoms with Crippen LogP contribution in [0.2, 0.25) is 0 Å². The van der Waals surface area contributed by atoms with Gasteiger partial charge in [-0.05, 0) is 40.5 Å². The van der Waals surface area contributed by atoms with Crippen molar-refractivity contribution in [3.05, 3.63) is 120 Å². The fourth-order valence-corrected chi connectivity index (χ4v) is 5.22. The van der Waals surface area contributed by atoms with Crippen LogP contribution < -0.4 is 4.72 Å². The van der Waals surface area contributed by atoms with Gasteiger partial charge in [-0.15, -0.1) is 0 Å². The fourth-order valence-electron chi connectivity index (χ4n) is 4.08. The Labute approximate surface area is 214 Å². The third-order valence-electron chi connectivity index (χ3n) is 5.86. The lowest BCUT2D eigenvalue weighted by molar-refractivity contribution is -0.130. The first-order chi connectivity index (χ1) is 17.9. The third-order valence-corrected chi connectivity index (χ3v) is 7.10. The third kappa shape index (κ3) is 5.60. The van der Waals surface area contributed by atoms with Crippen LogP contribution in [0, 0.1) is 0 Å². The standard InChI is InChI=1S/C29H23N3O4S/c33-29(34)26(23-9-5-2-6-10-23)17-24-18-30-28-25(24)15-16-27(31-28)32-37(35,36)19-20-11-13-22(14-12-20)21-7-3-1-4-8-21/h1-18H,19H2,(H,33,34)(H2,30,31,32). The van der Waals surface area contributed by atoms with Gasteiger partial charge in [-0.1, -0.05) is 84.9 Å². The molecule has 0 aliphatic carbocycles. The summed E-state index contributed by atoms with van der Waals surface area (Å²) in [6, 6.07) is 29.4. The van der Waals surface area contributed by atoms with Gasteiger partial charge in [0.25, 0.3) is 0 Å². The number of hydrogen-bond acceptors (Lipinski definition) is 4. The van der Waals surface area contributed by atoms with Crippen molar-refractivity contribution in [1.82, 2.24) is 9.97 Å². The van der Waals surface area contributed by atoms with Crippen LogP contribution in [-0.2, 0) is 20.6 Å². The molecule has 37 heavy (non-hydrogen) atoms. The molecule has 8 heteroatoms. The monoisotopic (exact) mass is 509 g/mol. The first-order valence-electron chi connectivity index (χ1n) is 11.5. The van der Waals surface area contributed by atoms with Crippen LogP contribution in [0.25, 0.3) is 33.8 Å². The Hall–Kier alpha value is -4.69. The van der Waals surface area contributed by atoms with Gasteiger partial charge in [-0.3, -0.25) is 4.72 Å². The van der Waals surface area contributed by atoms with Crippen LogP contribution in [0.4, 0.5) is 5.82 Å². The van der Waals surface area contributed by atoms with Gasteiger partial charge >= 0.3 is 5.97 Å². The van der Waals surface area contributed by atoms with E-state index >= 15 is 0 Å². The maximum absolute atomic E-state index is 12.8. The molecule has 2 aromatic heterocycles. The van der Waals surface area contributed by atoms with Gasteiger partial charge in [0, 0.05) is 17.1 Å². The number of aliphatic carboxylic acids is 1. The molecule has 2 heterocycles. The van der Waals surface area contributed by atoms with E-state index in [4.69, 9.17) is 0 Å². The molecule has 0 radical (unpaired) electrons. The second-order valence-electron chi connectivity index (χ2n) is 8.49. The number of aromatic nitrogens is 2. The summed E-state index contributed by atoms with van der Waals surface area (Å²) >= 11 is 0. The lowest BCUT2D eigenvalue weighted by Gasteiger charge is -2.09. The summed E-state index contributed by atoms with van der Waals surface area (Å²) in [4.78, 5) is 19.2. The Balaban J connectivity index is 1.34.